The molecular weight excluding hydrogens is 294 g/mol. The Labute approximate surface area is 115 Å². The van der Waals surface area contributed by atoms with Crippen molar-refractivity contribution in [2.75, 3.05) is 0 Å². The van der Waals surface area contributed by atoms with Crippen LogP contribution in [-0.2, 0) is 4.74 Å². The van der Waals surface area contributed by atoms with Gasteiger partial charge in [0.25, 0.3) is 0 Å². The van der Waals surface area contributed by atoms with Crippen molar-refractivity contribution in [3.8, 4) is 0 Å². The summed E-state index contributed by atoms with van der Waals surface area (Å²) in [5.74, 6) is -0.286. The van der Waals surface area contributed by atoms with Gasteiger partial charge in [-0.1, -0.05) is 0 Å². The number of carbonyl (C=O) groups excluding carboxylic acids is 1. The maximum atomic E-state index is 11.9. The maximum Gasteiger partial charge on any atom is 0.338 e. The predicted molar refractivity (Wildman–Crippen MR) is 76.0 cm³/mol. The Balaban J connectivity index is 2.54. The first-order chi connectivity index (χ1) is 8.40. The van der Waals surface area contributed by atoms with Gasteiger partial charge in [0, 0.05) is 15.6 Å². The number of benzene rings is 1. The first kappa shape index (κ1) is 13.1. The molecule has 0 unspecified atom stereocenters. The fourth-order valence-corrected chi connectivity index (χ4v) is 2.47. The van der Waals surface area contributed by atoms with Gasteiger partial charge in [0.15, 0.2) is 0 Å². The highest BCUT2D eigenvalue weighted by Gasteiger charge is 2.14. The van der Waals surface area contributed by atoms with E-state index in [0.29, 0.717) is 5.56 Å². The van der Waals surface area contributed by atoms with Gasteiger partial charge >= 0.3 is 5.97 Å². The first-order valence-electron chi connectivity index (χ1n) is 5.89. The summed E-state index contributed by atoms with van der Waals surface area (Å²) >= 11 is 3.49. The van der Waals surface area contributed by atoms with Crippen molar-refractivity contribution in [3.63, 3.8) is 0 Å². The van der Waals surface area contributed by atoms with E-state index in [1.54, 1.807) is 6.07 Å². The van der Waals surface area contributed by atoms with Crippen LogP contribution < -0.4 is 0 Å². The molecule has 1 N–H and O–H groups in total. The number of rotatable bonds is 2. The molecule has 4 heteroatoms. The van der Waals surface area contributed by atoms with E-state index in [9.17, 15) is 4.79 Å². The van der Waals surface area contributed by atoms with Crippen molar-refractivity contribution in [2.45, 2.75) is 33.8 Å². The Bertz CT molecular complexity index is 614. The maximum absolute atomic E-state index is 11.9. The van der Waals surface area contributed by atoms with Crippen LogP contribution in [0.3, 0.4) is 0 Å². The second-order valence-corrected chi connectivity index (χ2v) is 5.56. The quantitative estimate of drug-likeness (QED) is 0.848. The van der Waals surface area contributed by atoms with Crippen molar-refractivity contribution in [1.29, 1.82) is 0 Å². The van der Waals surface area contributed by atoms with Crippen molar-refractivity contribution in [2.24, 2.45) is 0 Å². The van der Waals surface area contributed by atoms with Crippen LogP contribution in [0, 0.1) is 13.8 Å². The van der Waals surface area contributed by atoms with E-state index in [2.05, 4.69) is 20.9 Å². The SMILES string of the molecule is Cc1[nH]c2c(Br)cc(C(=O)OC(C)C)cc2c1C. The molecule has 0 aliphatic rings. The van der Waals surface area contributed by atoms with Gasteiger partial charge in [0.2, 0.25) is 0 Å². The summed E-state index contributed by atoms with van der Waals surface area (Å²) in [5.41, 5.74) is 3.86. The summed E-state index contributed by atoms with van der Waals surface area (Å²) < 4.78 is 6.10. The van der Waals surface area contributed by atoms with E-state index in [1.807, 2.05) is 33.8 Å². The number of aromatic nitrogens is 1. The lowest BCUT2D eigenvalue weighted by molar-refractivity contribution is 0.0378. The normalized spacial score (nSPS) is 11.2. The molecule has 0 saturated carbocycles. The lowest BCUT2D eigenvalue weighted by Gasteiger charge is -2.08. The summed E-state index contributed by atoms with van der Waals surface area (Å²) in [4.78, 5) is 15.2. The monoisotopic (exact) mass is 309 g/mol. The number of H-pyrrole nitrogens is 1. The molecule has 0 amide bonds. The lowest BCUT2D eigenvalue weighted by atomic mass is 10.1. The van der Waals surface area contributed by atoms with Crippen molar-refractivity contribution in [1.82, 2.24) is 4.98 Å². The molecule has 2 aromatic rings. The topological polar surface area (TPSA) is 42.1 Å². The highest BCUT2D eigenvalue weighted by molar-refractivity contribution is 9.10. The Morgan fingerprint density at radius 3 is 2.61 bits per heavy atom. The zero-order chi connectivity index (χ0) is 13.4. The number of ether oxygens (including phenoxy) is 1. The van der Waals surface area contributed by atoms with Gasteiger partial charge in [-0.3, -0.25) is 0 Å². The molecule has 0 spiro atoms. The second kappa shape index (κ2) is 4.76. The van der Waals surface area contributed by atoms with Gasteiger partial charge in [-0.25, -0.2) is 4.79 Å². The summed E-state index contributed by atoms with van der Waals surface area (Å²) in [7, 11) is 0. The molecule has 18 heavy (non-hydrogen) atoms. The number of hydrogen-bond donors (Lipinski definition) is 1. The first-order valence-corrected chi connectivity index (χ1v) is 6.69. The number of nitrogens with one attached hydrogen (secondary N) is 1. The Hall–Kier alpha value is -1.29. The number of aryl methyl sites for hydroxylation is 2. The molecule has 3 nitrogen and oxygen atoms in total. The molecule has 0 bridgehead atoms. The number of esters is 1. The molecule has 0 aliphatic heterocycles. The lowest BCUT2D eigenvalue weighted by Crippen LogP contribution is -2.11. The van der Waals surface area contributed by atoms with Crippen LogP contribution in [0.15, 0.2) is 16.6 Å². The Morgan fingerprint density at radius 1 is 1.33 bits per heavy atom. The molecule has 1 aromatic carbocycles. The third-order valence-electron chi connectivity index (χ3n) is 2.95. The van der Waals surface area contributed by atoms with Gasteiger partial charge < -0.3 is 9.72 Å². The highest BCUT2D eigenvalue weighted by Crippen LogP contribution is 2.29. The second-order valence-electron chi connectivity index (χ2n) is 4.71. The molecule has 0 fully saturated rings. The molecule has 2 rings (SSSR count). The minimum absolute atomic E-state index is 0.110. The third-order valence-corrected chi connectivity index (χ3v) is 3.57. The van der Waals surface area contributed by atoms with Crippen LogP contribution in [0.5, 0.6) is 0 Å². The zero-order valence-corrected chi connectivity index (χ0v) is 12.5. The van der Waals surface area contributed by atoms with Gasteiger partial charge in [0.05, 0.1) is 17.2 Å². The number of fused-ring (bicyclic) bond motifs is 1. The van der Waals surface area contributed by atoms with Crippen molar-refractivity contribution >= 4 is 32.8 Å². The Morgan fingerprint density at radius 2 is 2.00 bits per heavy atom. The summed E-state index contributed by atoms with van der Waals surface area (Å²) in [6, 6.07) is 3.67. The standard InChI is InChI=1S/C14H16BrNO2/c1-7(2)18-14(17)10-5-11-8(3)9(4)16-13(11)12(15)6-10/h5-7,16H,1-4H3. The fraction of sp³-hybridized carbons (Fsp3) is 0.357. The minimum atomic E-state index is -0.286. The third kappa shape index (κ3) is 2.29. The van der Waals surface area contributed by atoms with E-state index in [1.165, 1.54) is 0 Å². The molecule has 0 radical (unpaired) electrons. The van der Waals surface area contributed by atoms with Crippen LogP contribution in [0.25, 0.3) is 10.9 Å². The average molecular weight is 310 g/mol. The van der Waals surface area contributed by atoms with Crippen LogP contribution >= 0.6 is 15.9 Å². The van der Waals surface area contributed by atoms with Crippen LogP contribution in [0.4, 0.5) is 0 Å². The molecule has 0 aliphatic carbocycles. The number of carbonyl (C=O) groups is 1. The number of hydrogen-bond acceptors (Lipinski definition) is 2. The van der Waals surface area contributed by atoms with Gasteiger partial charge in [0.1, 0.15) is 0 Å². The average Bonchev–Trinajstić information content (AvgIpc) is 2.56. The predicted octanol–water partition coefficient (Wildman–Crippen LogP) is 4.11. The Kier molecular flexibility index (Phi) is 3.48. The van der Waals surface area contributed by atoms with Crippen molar-refractivity contribution in [3.05, 3.63) is 33.4 Å². The minimum Gasteiger partial charge on any atom is -0.459 e. The zero-order valence-electron chi connectivity index (χ0n) is 10.9. The fourth-order valence-electron chi connectivity index (χ4n) is 1.91. The van der Waals surface area contributed by atoms with E-state index in [4.69, 9.17) is 4.74 Å². The van der Waals surface area contributed by atoms with Crippen molar-refractivity contribution < 1.29 is 9.53 Å². The number of aromatic amines is 1. The van der Waals surface area contributed by atoms with Gasteiger partial charge in [-0.05, 0) is 61.3 Å². The van der Waals surface area contributed by atoms with E-state index in [-0.39, 0.29) is 12.1 Å². The van der Waals surface area contributed by atoms with Crippen LogP contribution in [-0.4, -0.2) is 17.1 Å². The molecule has 0 saturated heterocycles. The summed E-state index contributed by atoms with van der Waals surface area (Å²) in [6.45, 7) is 7.75. The molecule has 1 heterocycles. The van der Waals surface area contributed by atoms with E-state index < -0.39 is 0 Å². The highest BCUT2D eigenvalue weighted by atomic mass is 79.9. The number of halogens is 1. The molecular formula is C14H16BrNO2. The molecule has 96 valence electrons. The van der Waals surface area contributed by atoms with Gasteiger partial charge in [-0.15, -0.1) is 0 Å². The van der Waals surface area contributed by atoms with E-state index in [0.717, 1.165) is 26.6 Å². The largest absolute Gasteiger partial charge is 0.459 e. The van der Waals surface area contributed by atoms with Crippen LogP contribution in [0.2, 0.25) is 0 Å². The summed E-state index contributed by atoms with van der Waals surface area (Å²) in [6.07, 6.45) is -0.110. The van der Waals surface area contributed by atoms with E-state index >= 15 is 0 Å². The summed E-state index contributed by atoms with van der Waals surface area (Å²) in [5, 5.41) is 1.05. The molecule has 1 aromatic heterocycles. The van der Waals surface area contributed by atoms with Gasteiger partial charge in [-0.2, -0.15) is 0 Å². The molecule has 0 atom stereocenters. The van der Waals surface area contributed by atoms with Crippen LogP contribution in [0.1, 0.15) is 35.5 Å². The smallest absolute Gasteiger partial charge is 0.338 e.